The SMILES string of the molecule is O=S(=O)(Cc1noc([C@@H]2C[C@@H](O)CN2CCCc2ccccc2)n1)c1ccc(F)cc1. The van der Waals surface area contributed by atoms with Crippen molar-refractivity contribution < 1.29 is 22.4 Å². The molecule has 0 spiro atoms. The number of hydrogen-bond acceptors (Lipinski definition) is 7. The molecule has 7 nitrogen and oxygen atoms in total. The predicted molar refractivity (Wildman–Crippen MR) is 111 cm³/mol. The molecule has 1 aromatic heterocycles. The minimum Gasteiger partial charge on any atom is -0.392 e. The highest BCUT2D eigenvalue weighted by Gasteiger charge is 2.35. The fourth-order valence-corrected chi connectivity index (χ4v) is 5.05. The third-order valence-electron chi connectivity index (χ3n) is 5.40. The smallest absolute Gasteiger partial charge is 0.244 e. The number of aromatic nitrogens is 2. The van der Waals surface area contributed by atoms with Gasteiger partial charge in [0.15, 0.2) is 15.7 Å². The molecule has 9 heteroatoms. The highest BCUT2D eigenvalue weighted by molar-refractivity contribution is 7.90. The zero-order valence-corrected chi connectivity index (χ0v) is 17.7. The van der Waals surface area contributed by atoms with Crippen molar-refractivity contribution in [3.8, 4) is 0 Å². The molecule has 3 aromatic rings. The number of halogens is 1. The molecule has 1 fully saturated rings. The second-order valence-corrected chi connectivity index (χ2v) is 9.74. The quantitative estimate of drug-likeness (QED) is 0.533. The molecule has 1 saturated heterocycles. The Morgan fingerprint density at radius 2 is 1.87 bits per heavy atom. The van der Waals surface area contributed by atoms with Crippen molar-refractivity contribution in [1.82, 2.24) is 15.0 Å². The molecule has 2 heterocycles. The molecule has 0 aliphatic carbocycles. The molecule has 31 heavy (non-hydrogen) atoms. The van der Waals surface area contributed by atoms with Crippen molar-refractivity contribution in [2.24, 2.45) is 0 Å². The summed E-state index contributed by atoms with van der Waals surface area (Å²) in [5.74, 6) is -0.593. The molecule has 1 aliphatic rings. The molecule has 0 unspecified atom stereocenters. The third kappa shape index (κ3) is 5.36. The summed E-state index contributed by atoms with van der Waals surface area (Å²) in [4.78, 5) is 6.38. The van der Waals surface area contributed by atoms with Crippen LogP contribution in [-0.2, 0) is 22.0 Å². The fourth-order valence-electron chi connectivity index (χ4n) is 3.87. The Bertz CT molecular complexity index is 1100. The first-order chi connectivity index (χ1) is 14.9. The molecule has 0 radical (unpaired) electrons. The number of aliphatic hydroxyl groups is 1. The van der Waals surface area contributed by atoms with Crippen LogP contribution in [0.5, 0.6) is 0 Å². The van der Waals surface area contributed by atoms with Gasteiger partial charge in [0.1, 0.15) is 11.6 Å². The summed E-state index contributed by atoms with van der Waals surface area (Å²) in [6.07, 6.45) is 1.79. The zero-order valence-electron chi connectivity index (χ0n) is 16.9. The molecule has 164 valence electrons. The third-order valence-corrected chi connectivity index (χ3v) is 7.02. The largest absolute Gasteiger partial charge is 0.392 e. The van der Waals surface area contributed by atoms with E-state index in [0.29, 0.717) is 18.9 Å². The number of aryl methyl sites for hydroxylation is 1. The number of likely N-dealkylation sites (tertiary alicyclic amines) is 1. The van der Waals surface area contributed by atoms with Crippen molar-refractivity contribution in [1.29, 1.82) is 0 Å². The maximum Gasteiger partial charge on any atom is 0.244 e. The molecule has 2 atom stereocenters. The first-order valence-corrected chi connectivity index (χ1v) is 11.8. The first-order valence-electron chi connectivity index (χ1n) is 10.2. The van der Waals surface area contributed by atoms with Gasteiger partial charge >= 0.3 is 0 Å². The van der Waals surface area contributed by atoms with E-state index < -0.39 is 27.5 Å². The summed E-state index contributed by atoms with van der Waals surface area (Å²) in [7, 11) is -3.72. The number of benzene rings is 2. The molecule has 2 aromatic carbocycles. The number of hydrogen-bond donors (Lipinski definition) is 1. The maximum atomic E-state index is 13.1. The molecule has 0 saturated carbocycles. The minimum absolute atomic E-state index is 0.000855. The predicted octanol–water partition coefficient (Wildman–Crippen LogP) is 2.92. The second-order valence-electron chi connectivity index (χ2n) is 7.75. The van der Waals surface area contributed by atoms with Crippen LogP contribution in [0.3, 0.4) is 0 Å². The van der Waals surface area contributed by atoms with Crippen LogP contribution >= 0.6 is 0 Å². The highest BCUT2D eigenvalue weighted by atomic mass is 32.2. The summed E-state index contributed by atoms with van der Waals surface area (Å²) in [6.45, 7) is 1.26. The van der Waals surface area contributed by atoms with Crippen LogP contribution in [0.15, 0.2) is 64.0 Å². The van der Waals surface area contributed by atoms with Crippen LogP contribution in [-0.4, -0.2) is 47.8 Å². The Hall–Kier alpha value is -2.62. The number of β-amino-alcohol motifs (C(OH)–C–C–N with tert-alkyl or cyclic N) is 1. The normalized spacial score (nSPS) is 19.7. The van der Waals surface area contributed by atoms with E-state index in [1.807, 2.05) is 18.2 Å². The highest BCUT2D eigenvalue weighted by Crippen LogP contribution is 2.31. The summed E-state index contributed by atoms with van der Waals surface area (Å²) in [5.41, 5.74) is 1.25. The lowest BCUT2D eigenvalue weighted by atomic mass is 10.1. The van der Waals surface area contributed by atoms with Crippen LogP contribution in [0, 0.1) is 5.82 Å². The summed E-state index contributed by atoms with van der Waals surface area (Å²) < 4.78 is 43.5. The van der Waals surface area contributed by atoms with Crippen LogP contribution in [0.1, 0.15) is 36.2 Å². The van der Waals surface area contributed by atoms with Gasteiger partial charge in [-0.1, -0.05) is 35.5 Å². The van der Waals surface area contributed by atoms with Gasteiger partial charge in [0.05, 0.1) is 17.0 Å². The van der Waals surface area contributed by atoms with E-state index in [9.17, 15) is 17.9 Å². The summed E-state index contributed by atoms with van der Waals surface area (Å²) in [6, 6.07) is 14.6. The van der Waals surface area contributed by atoms with Gasteiger partial charge < -0.3 is 9.63 Å². The van der Waals surface area contributed by atoms with E-state index >= 15 is 0 Å². The van der Waals surface area contributed by atoms with Crippen molar-refractivity contribution in [3.05, 3.63) is 77.7 Å². The van der Waals surface area contributed by atoms with Crippen LogP contribution < -0.4 is 0 Å². The van der Waals surface area contributed by atoms with Gasteiger partial charge in [-0.25, -0.2) is 12.8 Å². The lowest BCUT2D eigenvalue weighted by molar-refractivity contribution is 0.172. The average Bonchev–Trinajstić information content (AvgIpc) is 3.35. The lowest BCUT2D eigenvalue weighted by Crippen LogP contribution is -2.26. The molecule has 0 bridgehead atoms. The van der Waals surface area contributed by atoms with Gasteiger partial charge in [-0.3, -0.25) is 4.90 Å². The van der Waals surface area contributed by atoms with Gasteiger partial charge in [0.2, 0.25) is 5.89 Å². The van der Waals surface area contributed by atoms with Gasteiger partial charge in [0, 0.05) is 6.54 Å². The van der Waals surface area contributed by atoms with E-state index in [1.165, 1.54) is 17.7 Å². The van der Waals surface area contributed by atoms with E-state index in [1.54, 1.807) is 0 Å². The Morgan fingerprint density at radius 3 is 2.61 bits per heavy atom. The van der Waals surface area contributed by atoms with Crippen molar-refractivity contribution in [3.63, 3.8) is 0 Å². The van der Waals surface area contributed by atoms with E-state index in [2.05, 4.69) is 27.2 Å². The van der Waals surface area contributed by atoms with Crippen LogP contribution in [0.2, 0.25) is 0 Å². The summed E-state index contributed by atoms with van der Waals surface area (Å²) >= 11 is 0. The van der Waals surface area contributed by atoms with Gasteiger partial charge in [-0.2, -0.15) is 4.98 Å². The monoisotopic (exact) mass is 445 g/mol. The van der Waals surface area contributed by atoms with Crippen molar-refractivity contribution in [2.75, 3.05) is 13.1 Å². The van der Waals surface area contributed by atoms with Crippen LogP contribution in [0.25, 0.3) is 0 Å². The minimum atomic E-state index is -3.72. The fraction of sp³-hybridized carbons (Fsp3) is 0.364. The van der Waals surface area contributed by atoms with Crippen molar-refractivity contribution in [2.45, 2.75) is 42.1 Å². The Labute approximate surface area is 180 Å². The van der Waals surface area contributed by atoms with Gasteiger partial charge in [-0.05, 0) is 55.6 Å². The maximum absolute atomic E-state index is 13.1. The van der Waals surface area contributed by atoms with E-state index in [-0.39, 0.29) is 16.8 Å². The zero-order chi connectivity index (χ0) is 21.8. The molecule has 1 N–H and O–H groups in total. The van der Waals surface area contributed by atoms with E-state index in [4.69, 9.17) is 4.52 Å². The molecular formula is C22H24FN3O4S. The molecule has 0 amide bonds. The van der Waals surface area contributed by atoms with Gasteiger partial charge in [-0.15, -0.1) is 0 Å². The average molecular weight is 446 g/mol. The number of aliphatic hydroxyl groups excluding tert-OH is 1. The second kappa shape index (κ2) is 9.25. The number of rotatable bonds is 8. The lowest BCUT2D eigenvalue weighted by Gasteiger charge is -2.20. The first kappa shape index (κ1) is 21.6. The molecule has 1 aliphatic heterocycles. The van der Waals surface area contributed by atoms with E-state index in [0.717, 1.165) is 31.5 Å². The molecular weight excluding hydrogens is 421 g/mol. The summed E-state index contributed by atoms with van der Waals surface area (Å²) in [5, 5.41) is 14.0. The number of nitrogens with zero attached hydrogens (tertiary/aromatic N) is 3. The number of sulfone groups is 1. The Kier molecular flexibility index (Phi) is 6.45. The molecule has 4 rings (SSSR count). The van der Waals surface area contributed by atoms with Crippen LogP contribution in [0.4, 0.5) is 4.39 Å². The Balaban J connectivity index is 1.41. The Morgan fingerprint density at radius 1 is 1.13 bits per heavy atom. The van der Waals surface area contributed by atoms with Gasteiger partial charge in [0.25, 0.3) is 0 Å². The standard InChI is InChI=1S/C22H24FN3O4S/c23-17-8-10-19(11-9-17)31(28,29)15-21-24-22(30-25-21)20-13-18(27)14-26(20)12-4-7-16-5-2-1-3-6-16/h1-3,5-6,8-11,18,20,27H,4,7,12-15H2/t18-,20+/m1/s1. The van der Waals surface area contributed by atoms with Crippen molar-refractivity contribution >= 4 is 9.84 Å². The topological polar surface area (TPSA) is 96.5 Å².